The van der Waals surface area contributed by atoms with Gasteiger partial charge in [0.25, 0.3) is 0 Å². The SMILES string of the molecule is Cc1cc2c(Sc3nc(C)c(C)c(C)n3)nc(Cl)nc2s1. The van der Waals surface area contributed by atoms with Crippen LogP contribution in [0, 0.1) is 27.7 Å². The molecular formula is C14H13ClN4S2. The van der Waals surface area contributed by atoms with E-state index in [1.807, 2.05) is 27.7 Å². The molecule has 0 radical (unpaired) electrons. The number of hydrogen-bond donors (Lipinski definition) is 0. The molecule has 0 fully saturated rings. The maximum atomic E-state index is 6.02. The molecule has 0 aliphatic heterocycles. The predicted molar refractivity (Wildman–Crippen MR) is 87.5 cm³/mol. The molecule has 0 amide bonds. The first kappa shape index (κ1) is 14.7. The molecule has 0 N–H and O–H groups in total. The van der Waals surface area contributed by atoms with Gasteiger partial charge in [-0.25, -0.2) is 19.9 Å². The number of nitrogens with zero attached hydrogens (tertiary/aromatic N) is 4. The van der Waals surface area contributed by atoms with Crippen molar-refractivity contribution in [2.75, 3.05) is 0 Å². The van der Waals surface area contributed by atoms with Crippen molar-refractivity contribution in [2.45, 2.75) is 37.9 Å². The van der Waals surface area contributed by atoms with Crippen LogP contribution in [0.5, 0.6) is 0 Å². The molecule has 3 heterocycles. The molecule has 0 atom stereocenters. The van der Waals surface area contributed by atoms with Crippen molar-refractivity contribution >= 4 is 44.9 Å². The van der Waals surface area contributed by atoms with Gasteiger partial charge in [0, 0.05) is 21.7 Å². The Kier molecular flexibility index (Phi) is 3.86. The van der Waals surface area contributed by atoms with E-state index in [0.717, 1.165) is 32.2 Å². The summed E-state index contributed by atoms with van der Waals surface area (Å²) >= 11 is 9.06. The van der Waals surface area contributed by atoms with E-state index in [2.05, 4.69) is 26.0 Å². The maximum Gasteiger partial charge on any atom is 0.224 e. The van der Waals surface area contributed by atoms with Gasteiger partial charge in [-0.1, -0.05) is 0 Å². The second kappa shape index (κ2) is 5.51. The van der Waals surface area contributed by atoms with Crippen LogP contribution in [0.3, 0.4) is 0 Å². The van der Waals surface area contributed by atoms with Crippen molar-refractivity contribution in [2.24, 2.45) is 0 Å². The molecule has 0 saturated heterocycles. The summed E-state index contributed by atoms with van der Waals surface area (Å²) in [5, 5.41) is 2.76. The maximum absolute atomic E-state index is 6.02. The number of aromatic nitrogens is 4. The number of aryl methyl sites for hydroxylation is 3. The van der Waals surface area contributed by atoms with Crippen molar-refractivity contribution in [3.05, 3.63) is 33.2 Å². The third-order valence-corrected chi connectivity index (χ3v) is 5.24. The minimum atomic E-state index is 0.257. The van der Waals surface area contributed by atoms with Gasteiger partial charge in [-0.05, 0) is 62.7 Å². The van der Waals surface area contributed by atoms with Crippen LogP contribution in [0.2, 0.25) is 5.28 Å². The first-order valence-corrected chi connectivity index (χ1v) is 8.38. The van der Waals surface area contributed by atoms with Crippen molar-refractivity contribution in [3.63, 3.8) is 0 Å². The highest BCUT2D eigenvalue weighted by Gasteiger charge is 2.13. The lowest BCUT2D eigenvalue weighted by Gasteiger charge is -2.07. The lowest BCUT2D eigenvalue weighted by molar-refractivity contribution is 0.879. The Balaban J connectivity index is 2.09. The summed E-state index contributed by atoms with van der Waals surface area (Å²) in [6, 6.07) is 2.08. The van der Waals surface area contributed by atoms with Crippen molar-refractivity contribution in [3.8, 4) is 0 Å². The van der Waals surface area contributed by atoms with Crippen molar-refractivity contribution < 1.29 is 0 Å². The monoisotopic (exact) mass is 336 g/mol. The smallest absolute Gasteiger partial charge is 0.224 e. The number of hydrogen-bond acceptors (Lipinski definition) is 6. The highest BCUT2D eigenvalue weighted by Crippen LogP contribution is 2.34. The first-order chi connectivity index (χ1) is 9.94. The normalized spacial score (nSPS) is 11.3. The van der Waals surface area contributed by atoms with Crippen LogP contribution in [0.4, 0.5) is 0 Å². The van der Waals surface area contributed by atoms with Gasteiger partial charge in [0.05, 0.1) is 0 Å². The Labute approximate surface area is 136 Å². The fraction of sp³-hybridized carbons (Fsp3) is 0.286. The second-order valence-corrected chi connectivity index (χ2v) is 7.31. The van der Waals surface area contributed by atoms with Gasteiger partial charge >= 0.3 is 0 Å². The minimum Gasteiger partial charge on any atom is -0.227 e. The molecule has 0 aliphatic carbocycles. The fourth-order valence-electron chi connectivity index (χ4n) is 1.94. The van der Waals surface area contributed by atoms with Gasteiger partial charge in [-0.3, -0.25) is 0 Å². The summed E-state index contributed by atoms with van der Waals surface area (Å²) in [6.07, 6.45) is 0. The van der Waals surface area contributed by atoms with E-state index < -0.39 is 0 Å². The second-order valence-electron chi connectivity index (χ2n) is 4.78. The zero-order valence-corrected chi connectivity index (χ0v) is 14.4. The third kappa shape index (κ3) is 2.88. The lowest BCUT2D eigenvalue weighted by Crippen LogP contribution is -1.98. The largest absolute Gasteiger partial charge is 0.227 e. The first-order valence-electron chi connectivity index (χ1n) is 6.37. The van der Waals surface area contributed by atoms with E-state index in [4.69, 9.17) is 11.6 Å². The topological polar surface area (TPSA) is 51.6 Å². The Morgan fingerprint density at radius 2 is 1.67 bits per heavy atom. The minimum absolute atomic E-state index is 0.257. The lowest BCUT2D eigenvalue weighted by atomic mass is 10.2. The summed E-state index contributed by atoms with van der Waals surface area (Å²) in [6.45, 7) is 8.06. The summed E-state index contributed by atoms with van der Waals surface area (Å²) in [5.74, 6) is 0. The van der Waals surface area contributed by atoms with Gasteiger partial charge in [0.1, 0.15) is 9.86 Å². The number of rotatable bonds is 2. The van der Waals surface area contributed by atoms with E-state index in [-0.39, 0.29) is 5.28 Å². The Morgan fingerprint density at radius 3 is 2.33 bits per heavy atom. The molecule has 3 aromatic rings. The molecule has 0 aliphatic rings. The summed E-state index contributed by atoms with van der Waals surface area (Å²) in [7, 11) is 0. The summed E-state index contributed by atoms with van der Waals surface area (Å²) < 4.78 is 0. The Hall–Kier alpha value is -1.24. The molecule has 0 unspecified atom stereocenters. The van der Waals surface area contributed by atoms with Gasteiger partial charge in [0.2, 0.25) is 5.28 Å². The molecule has 7 heteroatoms. The van der Waals surface area contributed by atoms with Crippen LogP contribution in [0.25, 0.3) is 10.2 Å². The van der Waals surface area contributed by atoms with E-state index in [0.29, 0.717) is 5.16 Å². The standard InChI is InChI=1S/C14H13ClN4S2/c1-6-5-10-11(20-6)18-13(15)19-12(10)21-14-16-8(3)7(2)9(4)17-14/h5H,1-4H3. The van der Waals surface area contributed by atoms with E-state index >= 15 is 0 Å². The van der Waals surface area contributed by atoms with E-state index in [1.165, 1.54) is 16.6 Å². The van der Waals surface area contributed by atoms with Crippen LogP contribution in [-0.2, 0) is 0 Å². The molecule has 4 nitrogen and oxygen atoms in total. The van der Waals surface area contributed by atoms with Crippen molar-refractivity contribution in [1.82, 2.24) is 19.9 Å². The predicted octanol–water partition coefficient (Wildman–Crippen LogP) is 4.52. The van der Waals surface area contributed by atoms with E-state index in [1.54, 1.807) is 11.3 Å². The highest BCUT2D eigenvalue weighted by atomic mass is 35.5. The average Bonchev–Trinajstić information content (AvgIpc) is 2.76. The molecule has 21 heavy (non-hydrogen) atoms. The fourth-order valence-corrected chi connectivity index (χ4v) is 4.09. The van der Waals surface area contributed by atoms with Gasteiger partial charge in [-0.15, -0.1) is 11.3 Å². The average molecular weight is 337 g/mol. The highest BCUT2D eigenvalue weighted by molar-refractivity contribution is 7.99. The zero-order valence-electron chi connectivity index (χ0n) is 12.1. The van der Waals surface area contributed by atoms with Crippen LogP contribution in [-0.4, -0.2) is 19.9 Å². The number of thiophene rings is 1. The number of fused-ring (bicyclic) bond motifs is 1. The molecular weight excluding hydrogens is 324 g/mol. The van der Waals surface area contributed by atoms with Crippen LogP contribution in [0.15, 0.2) is 16.2 Å². The molecule has 0 bridgehead atoms. The van der Waals surface area contributed by atoms with Gasteiger partial charge in [-0.2, -0.15) is 0 Å². The molecule has 0 spiro atoms. The molecule has 0 aromatic carbocycles. The van der Waals surface area contributed by atoms with Crippen LogP contribution < -0.4 is 0 Å². The molecule has 3 aromatic heterocycles. The Morgan fingerprint density at radius 1 is 1.00 bits per heavy atom. The molecule has 3 rings (SSSR count). The van der Waals surface area contributed by atoms with Crippen molar-refractivity contribution in [1.29, 1.82) is 0 Å². The van der Waals surface area contributed by atoms with Gasteiger partial charge in [0.15, 0.2) is 5.16 Å². The summed E-state index contributed by atoms with van der Waals surface area (Å²) in [5.41, 5.74) is 3.10. The quantitative estimate of drug-likeness (QED) is 0.508. The molecule has 0 saturated carbocycles. The molecule has 108 valence electrons. The van der Waals surface area contributed by atoms with Crippen LogP contribution >= 0.6 is 34.7 Å². The third-order valence-electron chi connectivity index (χ3n) is 3.25. The summed E-state index contributed by atoms with van der Waals surface area (Å²) in [4.78, 5) is 19.7. The number of halogens is 1. The van der Waals surface area contributed by atoms with E-state index in [9.17, 15) is 0 Å². The Bertz CT molecular complexity index is 821. The van der Waals surface area contributed by atoms with Gasteiger partial charge < -0.3 is 0 Å². The zero-order chi connectivity index (χ0) is 15.1. The van der Waals surface area contributed by atoms with Crippen LogP contribution in [0.1, 0.15) is 21.8 Å².